The quantitative estimate of drug-likeness (QED) is 0.669. The van der Waals surface area contributed by atoms with Gasteiger partial charge >= 0.3 is 0 Å². The van der Waals surface area contributed by atoms with E-state index in [9.17, 15) is 14.9 Å². The Morgan fingerprint density at radius 3 is 2.90 bits per heavy atom. The molecule has 2 rings (SSSR count). The van der Waals surface area contributed by atoms with Crippen LogP contribution in [0.15, 0.2) is 18.2 Å². The molecule has 6 heteroatoms. The molecule has 21 heavy (non-hydrogen) atoms. The summed E-state index contributed by atoms with van der Waals surface area (Å²) in [4.78, 5) is 23.1. The third-order valence-electron chi connectivity index (χ3n) is 3.81. The van der Waals surface area contributed by atoms with Crippen molar-refractivity contribution in [3.8, 4) is 0 Å². The Bertz CT molecular complexity index is 548. The highest BCUT2D eigenvalue weighted by molar-refractivity contribution is 7.99. The number of carbonyl (C=O) groups excluding carboxylic acids is 1. The molecule has 0 heterocycles. The minimum atomic E-state index is -0.475. The van der Waals surface area contributed by atoms with E-state index in [-0.39, 0.29) is 23.2 Å². The van der Waals surface area contributed by atoms with Crippen LogP contribution < -0.4 is 5.32 Å². The van der Waals surface area contributed by atoms with Gasteiger partial charge < -0.3 is 5.32 Å². The summed E-state index contributed by atoms with van der Waals surface area (Å²) < 4.78 is 0. The van der Waals surface area contributed by atoms with Gasteiger partial charge in [-0.2, -0.15) is 11.8 Å². The highest BCUT2D eigenvalue weighted by Gasteiger charge is 2.30. The second-order valence-corrected chi connectivity index (χ2v) is 6.75. The molecule has 5 nitrogen and oxygen atoms in total. The number of thioether (sulfide) groups is 1. The number of nitro benzene ring substituents is 1. The van der Waals surface area contributed by atoms with Crippen molar-refractivity contribution in [1.29, 1.82) is 0 Å². The van der Waals surface area contributed by atoms with Crippen LogP contribution in [0.2, 0.25) is 0 Å². The van der Waals surface area contributed by atoms with Gasteiger partial charge in [0.05, 0.1) is 4.92 Å². The number of amides is 1. The van der Waals surface area contributed by atoms with Crippen LogP contribution in [0, 0.1) is 17.0 Å². The van der Waals surface area contributed by atoms with Gasteiger partial charge in [0.2, 0.25) is 0 Å². The highest BCUT2D eigenvalue weighted by Crippen LogP contribution is 2.31. The summed E-state index contributed by atoms with van der Waals surface area (Å²) in [5.41, 5.74) is 0.582. The van der Waals surface area contributed by atoms with E-state index in [4.69, 9.17) is 0 Å². The predicted octanol–water partition coefficient (Wildman–Crippen LogP) is 3.31. The van der Waals surface area contributed by atoms with Gasteiger partial charge in [0, 0.05) is 16.9 Å². The van der Waals surface area contributed by atoms with Gasteiger partial charge in [0.1, 0.15) is 5.56 Å². The Kier molecular flexibility index (Phi) is 5.22. The molecule has 0 aromatic heterocycles. The van der Waals surface area contributed by atoms with E-state index in [0.29, 0.717) is 10.8 Å². The van der Waals surface area contributed by atoms with Crippen molar-refractivity contribution in [2.75, 3.05) is 5.75 Å². The molecule has 0 spiro atoms. The number of para-hydroxylation sites is 1. The van der Waals surface area contributed by atoms with Crippen molar-refractivity contribution in [1.82, 2.24) is 5.32 Å². The third-order valence-corrected chi connectivity index (χ3v) is 5.14. The molecule has 2 atom stereocenters. The molecule has 1 amide bonds. The molecule has 1 aliphatic carbocycles. The molecule has 1 N–H and O–H groups in total. The van der Waals surface area contributed by atoms with Crippen LogP contribution in [0.3, 0.4) is 0 Å². The second kappa shape index (κ2) is 6.93. The SMILES string of the molecule is CCS[C@H]1CCC[C@@H]1NC(=O)c1cccc(C)c1[N+](=O)[O-]. The lowest BCUT2D eigenvalue weighted by Crippen LogP contribution is -2.39. The number of carbonyl (C=O) groups is 1. The summed E-state index contributed by atoms with van der Waals surface area (Å²) in [6.45, 7) is 3.76. The Morgan fingerprint density at radius 2 is 2.24 bits per heavy atom. The molecular formula is C15H20N2O3S. The first-order valence-corrected chi connectivity index (χ1v) is 8.26. The first-order chi connectivity index (χ1) is 10.0. The molecule has 1 aromatic rings. The first-order valence-electron chi connectivity index (χ1n) is 7.21. The number of nitrogens with one attached hydrogen (secondary N) is 1. The Hall–Kier alpha value is -1.56. The minimum absolute atomic E-state index is 0.0901. The lowest BCUT2D eigenvalue weighted by atomic mass is 10.1. The molecule has 0 radical (unpaired) electrons. The zero-order valence-corrected chi connectivity index (χ0v) is 13.1. The summed E-state index contributed by atoms with van der Waals surface area (Å²) in [7, 11) is 0. The summed E-state index contributed by atoms with van der Waals surface area (Å²) >= 11 is 1.85. The normalized spacial score (nSPS) is 21.2. The molecule has 0 bridgehead atoms. The van der Waals surface area contributed by atoms with Gasteiger partial charge in [0.25, 0.3) is 11.6 Å². The average Bonchev–Trinajstić information content (AvgIpc) is 2.85. The molecule has 1 aromatic carbocycles. The zero-order chi connectivity index (χ0) is 15.4. The topological polar surface area (TPSA) is 72.2 Å². The van der Waals surface area contributed by atoms with Crippen molar-refractivity contribution < 1.29 is 9.72 Å². The summed E-state index contributed by atoms with van der Waals surface area (Å²) in [5.74, 6) is 0.681. The Balaban J connectivity index is 2.17. The third kappa shape index (κ3) is 3.56. The van der Waals surface area contributed by atoms with Gasteiger partial charge in [0.15, 0.2) is 0 Å². The van der Waals surface area contributed by atoms with Crippen molar-refractivity contribution in [3.63, 3.8) is 0 Å². The second-order valence-electron chi connectivity index (χ2n) is 5.23. The van der Waals surface area contributed by atoms with Crippen LogP contribution in [0.25, 0.3) is 0 Å². The lowest BCUT2D eigenvalue weighted by molar-refractivity contribution is -0.385. The fourth-order valence-corrected chi connectivity index (χ4v) is 4.03. The summed E-state index contributed by atoms with van der Waals surface area (Å²) in [6, 6.07) is 4.98. The van der Waals surface area contributed by atoms with E-state index < -0.39 is 4.92 Å². The molecule has 0 saturated heterocycles. The number of nitrogens with zero attached hydrogens (tertiary/aromatic N) is 1. The predicted molar refractivity (Wildman–Crippen MR) is 84.9 cm³/mol. The Labute approximate surface area is 128 Å². The Morgan fingerprint density at radius 1 is 1.48 bits per heavy atom. The largest absolute Gasteiger partial charge is 0.348 e. The van der Waals surface area contributed by atoms with Crippen molar-refractivity contribution in [3.05, 3.63) is 39.4 Å². The van der Waals surface area contributed by atoms with Crippen LogP contribution in [0.5, 0.6) is 0 Å². The van der Waals surface area contributed by atoms with E-state index in [1.54, 1.807) is 19.1 Å². The van der Waals surface area contributed by atoms with Crippen LogP contribution >= 0.6 is 11.8 Å². The number of benzene rings is 1. The molecule has 0 aliphatic heterocycles. The smallest absolute Gasteiger partial charge is 0.285 e. The molecule has 1 fully saturated rings. The van der Waals surface area contributed by atoms with Gasteiger partial charge in [-0.3, -0.25) is 14.9 Å². The molecule has 0 unspecified atom stereocenters. The summed E-state index contributed by atoms with van der Waals surface area (Å²) in [6.07, 6.45) is 3.14. The summed E-state index contributed by atoms with van der Waals surface area (Å²) in [5, 5.41) is 14.6. The molecule has 1 saturated carbocycles. The molecule has 114 valence electrons. The van der Waals surface area contributed by atoms with E-state index in [1.807, 2.05) is 11.8 Å². The number of aryl methyl sites for hydroxylation is 1. The van der Waals surface area contributed by atoms with Gasteiger partial charge in [-0.05, 0) is 31.6 Å². The van der Waals surface area contributed by atoms with Gasteiger partial charge in [-0.15, -0.1) is 0 Å². The fourth-order valence-electron chi connectivity index (χ4n) is 2.84. The van der Waals surface area contributed by atoms with Crippen molar-refractivity contribution >= 4 is 23.4 Å². The molecular weight excluding hydrogens is 288 g/mol. The van der Waals surface area contributed by atoms with Crippen LogP contribution in [-0.2, 0) is 0 Å². The maximum Gasteiger partial charge on any atom is 0.285 e. The van der Waals surface area contributed by atoms with Crippen molar-refractivity contribution in [2.24, 2.45) is 0 Å². The zero-order valence-electron chi connectivity index (χ0n) is 12.3. The fraction of sp³-hybridized carbons (Fsp3) is 0.533. The van der Waals surface area contributed by atoms with Crippen LogP contribution in [-0.4, -0.2) is 27.9 Å². The van der Waals surface area contributed by atoms with E-state index in [1.165, 1.54) is 6.07 Å². The number of nitro groups is 1. The number of hydrogen-bond donors (Lipinski definition) is 1. The van der Waals surface area contributed by atoms with E-state index in [0.717, 1.165) is 25.0 Å². The van der Waals surface area contributed by atoms with Crippen LogP contribution in [0.4, 0.5) is 5.69 Å². The van der Waals surface area contributed by atoms with E-state index in [2.05, 4.69) is 12.2 Å². The standard InChI is InChI=1S/C15H20N2O3S/c1-3-21-13-9-5-8-12(13)16-15(18)11-7-4-6-10(2)14(11)17(19)20/h4,6-7,12-13H,3,5,8-9H2,1-2H3,(H,16,18)/t12-,13-/m0/s1. The minimum Gasteiger partial charge on any atom is -0.348 e. The average molecular weight is 308 g/mol. The molecule has 1 aliphatic rings. The number of rotatable bonds is 5. The van der Waals surface area contributed by atoms with Gasteiger partial charge in [-0.25, -0.2) is 0 Å². The van der Waals surface area contributed by atoms with Crippen molar-refractivity contribution in [2.45, 2.75) is 44.4 Å². The van der Waals surface area contributed by atoms with Crippen LogP contribution in [0.1, 0.15) is 42.1 Å². The first kappa shape index (κ1) is 15.8. The number of hydrogen-bond acceptors (Lipinski definition) is 4. The maximum absolute atomic E-state index is 12.4. The lowest BCUT2D eigenvalue weighted by Gasteiger charge is -2.20. The van der Waals surface area contributed by atoms with E-state index >= 15 is 0 Å². The highest BCUT2D eigenvalue weighted by atomic mass is 32.2. The monoisotopic (exact) mass is 308 g/mol. The van der Waals surface area contributed by atoms with Gasteiger partial charge in [-0.1, -0.05) is 25.5 Å². The maximum atomic E-state index is 12.4.